The quantitative estimate of drug-likeness (QED) is 0.186. The van der Waals surface area contributed by atoms with Gasteiger partial charge in [-0.05, 0) is 6.42 Å². The molecule has 1 aromatic heterocycles. The number of aromatic amines is 1. The molecule has 0 spiro atoms. The van der Waals surface area contributed by atoms with E-state index in [9.17, 15) is 24.0 Å². The van der Waals surface area contributed by atoms with Crippen LogP contribution in [-0.4, -0.2) is 62.8 Å². The topological polar surface area (TPSA) is 236 Å². The molecule has 3 atom stereocenters. The van der Waals surface area contributed by atoms with Crippen molar-refractivity contribution in [2.75, 3.05) is 0 Å². The number of carboxylic acids is 1. The molecular formula is C15H23N7O6. The second kappa shape index (κ2) is 10.6. The van der Waals surface area contributed by atoms with Gasteiger partial charge in [0.05, 0.1) is 18.8 Å². The fraction of sp³-hybridized carbons (Fsp3) is 0.467. The second-order valence-electron chi connectivity index (χ2n) is 6.02. The number of aromatic nitrogens is 2. The van der Waals surface area contributed by atoms with Gasteiger partial charge in [-0.15, -0.1) is 0 Å². The number of nitrogens with one attached hydrogen (secondary N) is 3. The SMILES string of the molecule is NC(=O)CC[C@H](NC(=O)[C@@H](N)Cc1cnc[nH]1)C(=O)N[C@@H](CC(N)=O)C(=O)O. The average molecular weight is 397 g/mol. The monoisotopic (exact) mass is 397 g/mol. The summed E-state index contributed by atoms with van der Waals surface area (Å²) in [7, 11) is 0. The summed E-state index contributed by atoms with van der Waals surface area (Å²) in [6.07, 6.45) is 1.92. The Morgan fingerprint density at radius 2 is 1.71 bits per heavy atom. The molecule has 1 heterocycles. The highest BCUT2D eigenvalue weighted by Crippen LogP contribution is 2.03. The first-order valence-corrected chi connectivity index (χ1v) is 8.23. The summed E-state index contributed by atoms with van der Waals surface area (Å²) in [5, 5.41) is 13.5. The maximum absolute atomic E-state index is 12.4. The van der Waals surface area contributed by atoms with Crippen LogP contribution in [0.15, 0.2) is 12.5 Å². The molecule has 0 unspecified atom stereocenters. The Balaban J connectivity index is 2.80. The largest absolute Gasteiger partial charge is 0.480 e. The predicted octanol–water partition coefficient (Wildman–Crippen LogP) is -3.53. The summed E-state index contributed by atoms with van der Waals surface area (Å²) in [5.74, 6) is -4.77. The summed E-state index contributed by atoms with van der Waals surface area (Å²) in [4.78, 5) is 64.3. The van der Waals surface area contributed by atoms with Gasteiger partial charge in [0.2, 0.25) is 23.6 Å². The van der Waals surface area contributed by atoms with Gasteiger partial charge in [0, 0.05) is 24.7 Å². The van der Waals surface area contributed by atoms with E-state index in [1.807, 2.05) is 0 Å². The zero-order chi connectivity index (χ0) is 21.3. The summed E-state index contributed by atoms with van der Waals surface area (Å²) in [5.41, 5.74) is 16.4. The maximum Gasteiger partial charge on any atom is 0.326 e. The Labute approximate surface area is 159 Å². The van der Waals surface area contributed by atoms with E-state index >= 15 is 0 Å². The van der Waals surface area contributed by atoms with Crippen molar-refractivity contribution >= 4 is 29.6 Å². The Morgan fingerprint density at radius 3 is 2.21 bits per heavy atom. The van der Waals surface area contributed by atoms with E-state index in [-0.39, 0.29) is 19.3 Å². The van der Waals surface area contributed by atoms with Gasteiger partial charge in [-0.1, -0.05) is 0 Å². The van der Waals surface area contributed by atoms with Gasteiger partial charge in [-0.25, -0.2) is 9.78 Å². The molecule has 0 aliphatic heterocycles. The lowest BCUT2D eigenvalue weighted by Crippen LogP contribution is -2.55. The van der Waals surface area contributed by atoms with Crippen LogP contribution >= 0.6 is 0 Å². The maximum atomic E-state index is 12.4. The molecule has 154 valence electrons. The number of imidazole rings is 1. The number of carbonyl (C=O) groups is 5. The fourth-order valence-corrected chi connectivity index (χ4v) is 2.23. The number of carboxylic acid groups (broad SMARTS) is 1. The van der Waals surface area contributed by atoms with E-state index in [0.29, 0.717) is 5.69 Å². The standard InChI is InChI=1S/C15H23N7O6/c16-8(3-7-5-19-6-20-7)13(25)21-9(1-2-11(17)23)14(26)22-10(15(27)28)4-12(18)24/h5-6,8-10H,1-4,16H2,(H2,17,23)(H2,18,24)(H,19,20)(H,21,25)(H,22,26)(H,27,28)/t8-,9-,10-/m0/s1. The van der Waals surface area contributed by atoms with Crippen molar-refractivity contribution in [3.63, 3.8) is 0 Å². The third kappa shape index (κ3) is 7.82. The molecule has 0 aliphatic rings. The van der Waals surface area contributed by atoms with Gasteiger partial charge in [-0.3, -0.25) is 19.2 Å². The van der Waals surface area contributed by atoms with Crippen molar-refractivity contribution < 1.29 is 29.1 Å². The minimum Gasteiger partial charge on any atom is -0.480 e. The van der Waals surface area contributed by atoms with Crippen LogP contribution < -0.4 is 27.8 Å². The molecule has 1 aromatic rings. The van der Waals surface area contributed by atoms with E-state index in [2.05, 4.69) is 20.6 Å². The highest BCUT2D eigenvalue weighted by atomic mass is 16.4. The number of amides is 4. The predicted molar refractivity (Wildman–Crippen MR) is 94.0 cm³/mol. The zero-order valence-corrected chi connectivity index (χ0v) is 14.9. The van der Waals surface area contributed by atoms with Crippen LogP contribution in [0.3, 0.4) is 0 Å². The van der Waals surface area contributed by atoms with Crippen molar-refractivity contribution in [2.45, 2.75) is 43.8 Å². The number of hydrogen-bond donors (Lipinski definition) is 7. The summed E-state index contributed by atoms with van der Waals surface area (Å²) >= 11 is 0. The van der Waals surface area contributed by atoms with E-state index in [1.54, 1.807) is 0 Å². The summed E-state index contributed by atoms with van der Waals surface area (Å²) in [6, 6.07) is -3.91. The minimum atomic E-state index is -1.59. The first-order chi connectivity index (χ1) is 13.1. The van der Waals surface area contributed by atoms with Crippen LogP contribution in [0.4, 0.5) is 0 Å². The lowest BCUT2D eigenvalue weighted by atomic mass is 10.1. The molecule has 0 aliphatic carbocycles. The number of aliphatic carboxylic acids is 1. The van der Waals surface area contributed by atoms with Gasteiger partial charge in [0.15, 0.2) is 0 Å². The summed E-state index contributed by atoms with van der Waals surface area (Å²) in [6.45, 7) is 0. The second-order valence-corrected chi connectivity index (χ2v) is 6.02. The van der Waals surface area contributed by atoms with Crippen molar-refractivity contribution in [1.29, 1.82) is 0 Å². The fourth-order valence-electron chi connectivity index (χ4n) is 2.23. The first-order valence-electron chi connectivity index (χ1n) is 8.23. The number of primary amides is 2. The molecule has 0 aromatic carbocycles. The number of hydrogen-bond acceptors (Lipinski definition) is 7. The molecule has 28 heavy (non-hydrogen) atoms. The molecule has 13 nitrogen and oxygen atoms in total. The molecule has 0 saturated carbocycles. The first kappa shape index (κ1) is 22.6. The van der Waals surface area contributed by atoms with Gasteiger partial charge in [-0.2, -0.15) is 0 Å². The smallest absolute Gasteiger partial charge is 0.326 e. The molecule has 1 rings (SSSR count). The van der Waals surface area contributed by atoms with E-state index < -0.39 is 54.1 Å². The van der Waals surface area contributed by atoms with Gasteiger partial charge in [0.25, 0.3) is 0 Å². The summed E-state index contributed by atoms with van der Waals surface area (Å²) < 4.78 is 0. The minimum absolute atomic E-state index is 0.107. The van der Waals surface area contributed by atoms with E-state index in [4.69, 9.17) is 22.3 Å². The molecule has 10 N–H and O–H groups in total. The molecule has 0 fully saturated rings. The van der Waals surface area contributed by atoms with Gasteiger partial charge in [0.1, 0.15) is 12.1 Å². The number of H-pyrrole nitrogens is 1. The van der Waals surface area contributed by atoms with E-state index in [0.717, 1.165) is 0 Å². The van der Waals surface area contributed by atoms with Crippen LogP contribution in [0.1, 0.15) is 25.0 Å². The number of carbonyl (C=O) groups excluding carboxylic acids is 4. The molecule has 13 heteroatoms. The third-order valence-electron chi connectivity index (χ3n) is 3.66. The van der Waals surface area contributed by atoms with Crippen LogP contribution in [0.2, 0.25) is 0 Å². The van der Waals surface area contributed by atoms with Crippen LogP contribution in [0.5, 0.6) is 0 Å². The molecule has 4 amide bonds. The Morgan fingerprint density at radius 1 is 1.07 bits per heavy atom. The Hall–Kier alpha value is -3.48. The van der Waals surface area contributed by atoms with Gasteiger partial charge >= 0.3 is 5.97 Å². The van der Waals surface area contributed by atoms with Gasteiger partial charge < -0.3 is 37.9 Å². The lowest BCUT2D eigenvalue weighted by molar-refractivity contribution is -0.143. The number of nitrogens with two attached hydrogens (primary N) is 3. The normalized spacial score (nSPS) is 13.8. The Kier molecular flexibility index (Phi) is 8.55. The van der Waals surface area contributed by atoms with Crippen LogP contribution in [0.25, 0.3) is 0 Å². The molecule has 0 saturated heterocycles. The van der Waals surface area contributed by atoms with Crippen molar-refractivity contribution in [3.8, 4) is 0 Å². The van der Waals surface area contributed by atoms with Crippen LogP contribution in [0, 0.1) is 0 Å². The van der Waals surface area contributed by atoms with Crippen molar-refractivity contribution in [3.05, 3.63) is 18.2 Å². The molecular weight excluding hydrogens is 374 g/mol. The zero-order valence-electron chi connectivity index (χ0n) is 14.9. The lowest BCUT2D eigenvalue weighted by Gasteiger charge is -2.22. The molecule has 0 radical (unpaired) electrons. The van der Waals surface area contributed by atoms with E-state index in [1.165, 1.54) is 12.5 Å². The average Bonchev–Trinajstić information content (AvgIpc) is 3.09. The number of rotatable bonds is 12. The third-order valence-corrected chi connectivity index (χ3v) is 3.66. The number of nitrogens with zero attached hydrogens (tertiary/aromatic N) is 1. The highest BCUT2D eigenvalue weighted by molar-refractivity contribution is 5.93. The molecule has 0 bridgehead atoms. The van der Waals surface area contributed by atoms with Crippen molar-refractivity contribution in [1.82, 2.24) is 20.6 Å². The van der Waals surface area contributed by atoms with Crippen LogP contribution in [-0.2, 0) is 30.4 Å². The van der Waals surface area contributed by atoms with Crippen molar-refractivity contribution in [2.24, 2.45) is 17.2 Å². The highest BCUT2D eigenvalue weighted by Gasteiger charge is 2.29. The Bertz CT molecular complexity index is 720.